The molecule has 3 heterocycles. The van der Waals surface area contributed by atoms with Crippen LogP contribution in [0.1, 0.15) is 36.0 Å². The van der Waals surface area contributed by atoms with Crippen LogP contribution in [0.3, 0.4) is 0 Å². The number of nitrogens with one attached hydrogen (secondary N) is 2. The summed E-state index contributed by atoms with van der Waals surface area (Å²) in [6.45, 7) is 0. The van der Waals surface area contributed by atoms with Gasteiger partial charge in [-0.05, 0) is 43.9 Å². The Morgan fingerprint density at radius 3 is 3.07 bits per heavy atom. The molecule has 1 fully saturated rings. The molecular weight excluding hydrogens is 402 g/mol. The molecule has 0 aliphatic heterocycles. The van der Waals surface area contributed by atoms with Crippen molar-refractivity contribution in [3.63, 3.8) is 0 Å². The van der Waals surface area contributed by atoms with Crippen molar-refractivity contribution in [1.29, 1.82) is 0 Å². The van der Waals surface area contributed by atoms with Crippen molar-refractivity contribution >= 4 is 39.6 Å². The number of hydrogen-bond acceptors (Lipinski definition) is 5. The van der Waals surface area contributed by atoms with E-state index in [1.807, 2.05) is 25.2 Å². The van der Waals surface area contributed by atoms with E-state index in [0.717, 1.165) is 36.6 Å². The molecule has 4 N–H and O–H groups in total. The fourth-order valence-electron chi connectivity index (χ4n) is 4.22. The first-order valence-electron chi connectivity index (χ1n) is 10.0. The van der Waals surface area contributed by atoms with Gasteiger partial charge in [-0.2, -0.15) is 5.10 Å². The lowest BCUT2D eigenvalue weighted by Crippen LogP contribution is -2.42. The molecule has 1 unspecified atom stereocenters. The maximum Gasteiger partial charge on any atom is 0.255 e. The average molecular weight is 424 g/mol. The predicted octanol–water partition coefficient (Wildman–Crippen LogP) is 3.16. The summed E-state index contributed by atoms with van der Waals surface area (Å²) in [4.78, 5) is 25.2. The van der Waals surface area contributed by atoms with Crippen molar-refractivity contribution in [3.05, 3.63) is 41.2 Å². The molecule has 0 radical (unpaired) electrons. The van der Waals surface area contributed by atoms with Crippen molar-refractivity contribution in [2.45, 2.75) is 37.8 Å². The Balaban J connectivity index is 1.51. The number of aromatic amines is 1. The lowest BCUT2D eigenvalue weighted by atomic mass is 9.91. The molecule has 1 saturated carbocycles. The van der Waals surface area contributed by atoms with Crippen LogP contribution < -0.4 is 11.1 Å². The van der Waals surface area contributed by atoms with Gasteiger partial charge in [0.15, 0.2) is 5.65 Å². The Kier molecular flexibility index (Phi) is 4.67. The molecule has 1 aliphatic rings. The highest BCUT2D eigenvalue weighted by Gasteiger charge is 2.23. The monoisotopic (exact) mass is 423 g/mol. The molecule has 9 heteroatoms. The van der Waals surface area contributed by atoms with Gasteiger partial charge >= 0.3 is 0 Å². The second-order valence-corrected chi connectivity index (χ2v) is 8.32. The van der Waals surface area contributed by atoms with E-state index in [1.165, 1.54) is 0 Å². The van der Waals surface area contributed by atoms with Crippen LogP contribution in [0.4, 0.5) is 0 Å². The molecule has 8 nitrogen and oxygen atoms in total. The van der Waals surface area contributed by atoms with E-state index in [9.17, 15) is 4.79 Å². The second kappa shape index (κ2) is 7.37. The summed E-state index contributed by atoms with van der Waals surface area (Å²) in [7, 11) is 1.86. The van der Waals surface area contributed by atoms with E-state index in [0.29, 0.717) is 33.1 Å². The van der Waals surface area contributed by atoms with E-state index >= 15 is 0 Å². The standard InChI is InChI=1S/C21H22ClN7O/c1-29-17-7-11(22)5-6-14(17)18(28-29)16-10-25-20-19(27-16)15(9-24-20)21(30)26-13-4-2-3-12(23)8-13/h5-7,9-10,12-13H,2-4,8,23H2,1H3,(H,24,25)(H,26,30)/t12-,13?/m0/s1. The number of nitrogens with zero attached hydrogens (tertiary/aromatic N) is 4. The number of nitrogens with two attached hydrogens (primary N) is 1. The van der Waals surface area contributed by atoms with Gasteiger partial charge < -0.3 is 16.0 Å². The zero-order valence-corrected chi connectivity index (χ0v) is 17.3. The van der Waals surface area contributed by atoms with Gasteiger partial charge in [0.1, 0.15) is 16.9 Å². The normalized spacial score (nSPS) is 19.4. The van der Waals surface area contributed by atoms with E-state index in [1.54, 1.807) is 17.1 Å². The van der Waals surface area contributed by atoms with E-state index < -0.39 is 0 Å². The molecule has 0 saturated heterocycles. The number of fused-ring (bicyclic) bond motifs is 2. The SMILES string of the molecule is Cn1nc(-c2cnc3[nH]cc(C(=O)NC4CCC[C@H](N)C4)c3n2)c2ccc(Cl)cc21. The molecule has 4 aromatic rings. The first kappa shape index (κ1) is 19.0. The number of halogens is 1. The number of amides is 1. The van der Waals surface area contributed by atoms with Gasteiger partial charge in [-0.3, -0.25) is 9.48 Å². The average Bonchev–Trinajstić information content (AvgIpc) is 3.29. The highest BCUT2D eigenvalue weighted by molar-refractivity contribution is 6.31. The topological polar surface area (TPSA) is 115 Å². The Morgan fingerprint density at radius 2 is 2.23 bits per heavy atom. The zero-order valence-electron chi connectivity index (χ0n) is 16.5. The molecule has 3 aromatic heterocycles. The fraction of sp³-hybridized carbons (Fsp3) is 0.333. The molecule has 1 aromatic carbocycles. The van der Waals surface area contributed by atoms with Gasteiger partial charge in [0.25, 0.3) is 5.91 Å². The molecule has 1 aliphatic carbocycles. The lowest BCUT2D eigenvalue weighted by Gasteiger charge is -2.27. The van der Waals surface area contributed by atoms with Gasteiger partial charge in [-0.25, -0.2) is 9.97 Å². The molecule has 0 bridgehead atoms. The molecule has 5 rings (SSSR count). The lowest BCUT2D eigenvalue weighted by molar-refractivity contribution is 0.0927. The van der Waals surface area contributed by atoms with Crippen LogP contribution in [-0.2, 0) is 7.05 Å². The third-order valence-corrected chi connectivity index (χ3v) is 5.97. The largest absolute Gasteiger partial charge is 0.349 e. The highest BCUT2D eigenvalue weighted by Crippen LogP contribution is 2.29. The Labute approximate surface area is 177 Å². The van der Waals surface area contributed by atoms with E-state index in [-0.39, 0.29) is 18.0 Å². The maximum atomic E-state index is 12.9. The van der Waals surface area contributed by atoms with Crippen molar-refractivity contribution in [2.24, 2.45) is 12.8 Å². The van der Waals surface area contributed by atoms with Crippen molar-refractivity contribution < 1.29 is 4.79 Å². The van der Waals surface area contributed by atoms with E-state index in [2.05, 4.69) is 20.4 Å². The molecule has 2 atom stereocenters. The number of carbonyl (C=O) groups is 1. The molecule has 30 heavy (non-hydrogen) atoms. The summed E-state index contributed by atoms with van der Waals surface area (Å²) in [5, 5.41) is 9.27. The first-order chi connectivity index (χ1) is 14.5. The van der Waals surface area contributed by atoms with Crippen LogP contribution in [0.5, 0.6) is 0 Å². The van der Waals surface area contributed by atoms with Crippen LogP contribution in [0.15, 0.2) is 30.6 Å². The summed E-state index contributed by atoms with van der Waals surface area (Å²) in [5.41, 5.74) is 9.82. The van der Waals surface area contributed by atoms with Crippen molar-refractivity contribution in [2.75, 3.05) is 0 Å². The summed E-state index contributed by atoms with van der Waals surface area (Å²) >= 11 is 6.13. The number of aryl methyl sites for hydroxylation is 1. The van der Waals surface area contributed by atoms with Crippen molar-refractivity contribution in [3.8, 4) is 11.4 Å². The first-order valence-corrected chi connectivity index (χ1v) is 10.4. The van der Waals surface area contributed by atoms with Crippen molar-refractivity contribution in [1.82, 2.24) is 30.0 Å². The minimum absolute atomic E-state index is 0.0897. The fourth-order valence-corrected chi connectivity index (χ4v) is 4.39. The number of aromatic nitrogens is 5. The Bertz CT molecular complexity index is 1260. The number of H-pyrrole nitrogens is 1. The maximum absolute atomic E-state index is 12.9. The summed E-state index contributed by atoms with van der Waals surface area (Å²) < 4.78 is 1.76. The molecule has 0 spiro atoms. The van der Waals surface area contributed by atoms with Gasteiger partial charge in [0, 0.05) is 35.7 Å². The Hall–Kier alpha value is -2.97. The number of hydrogen-bond donors (Lipinski definition) is 3. The third kappa shape index (κ3) is 3.32. The van der Waals surface area contributed by atoms with Crippen LogP contribution >= 0.6 is 11.6 Å². The quantitative estimate of drug-likeness (QED) is 0.468. The van der Waals surface area contributed by atoms with E-state index in [4.69, 9.17) is 22.3 Å². The number of carbonyl (C=O) groups excluding carboxylic acids is 1. The summed E-state index contributed by atoms with van der Waals surface area (Å²) in [5.74, 6) is -0.163. The molecular formula is C21H22ClN7O. The minimum atomic E-state index is -0.163. The molecule has 154 valence electrons. The summed E-state index contributed by atoms with van der Waals surface area (Å²) in [6.07, 6.45) is 7.10. The minimum Gasteiger partial charge on any atom is -0.349 e. The van der Waals surface area contributed by atoms with Gasteiger partial charge in [-0.1, -0.05) is 11.6 Å². The second-order valence-electron chi connectivity index (χ2n) is 7.89. The van der Waals surface area contributed by atoms with Crippen LogP contribution in [0, 0.1) is 0 Å². The third-order valence-electron chi connectivity index (χ3n) is 5.73. The zero-order chi connectivity index (χ0) is 20.8. The predicted molar refractivity (Wildman–Crippen MR) is 116 cm³/mol. The van der Waals surface area contributed by atoms with Gasteiger partial charge in [0.2, 0.25) is 0 Å². The summed E-state index contributed by atoms with van der Waals surface area (Å²) in [6, 6.07) is 5.84. The highest BCUT2D eigenvalue weighted by atomic mass is 35.5. The van der Waals surface area contributed by atoms with Crippen LogP contribution in [0.2, 0.25) is 5.02 Å². The molecule has 1 amide bonds. The number of rotatable bonds is 3. The van der Waals surface area contributed by atoms with Crippen LogP contribution in [-0.4, -0.2) is 42.7 Å². The number of benzene rings is 1. The Morgan fingerprint density at radius 1 is 1.37 bits per heavy atom. The smallest absolute Gasteiger partial charge is 0.255 e. The van der Waals surface area contributed by atoms with Gasteiger partial charge in [-0.15, -0.1) is 0 Å². The van der Waals surface area contributed by atoms with Crippen LogP contribution in [0.25, 0.3) is 33.5 Å². The van der Waals surface area contributed by atoms with Gasteiger partial charge in [0.05, 0.1) is 17.3 Å².